The summed E-state index contributed by atoms with van der Waals surface area (Å²) in [4.78, 5) is 0. The zero-order valence-corrected chi connectivity index (χ0v) is 17.6. The minimum Gasteiger partial charge on any atom is -0.489 e. The van der Waals surface area contributed by atoms with Gasteiger partial charge in [-0.3, -0.25) is 0 Å². The maximum Gasteiger partial charge on any atom is 0.124 e. The molecule has 2 heteroatoms. The summed E-state index contributed by atoms with van der Waals surface area (Å²) in [6.45, 7) is 1.52. The second-order valence-electron chi connectivity index (χ2n) is 10.1. The first kappa shape index (κ1) is 18.4. The number of benzene rings is 3. The third kappa shape index (κ3) is 3.41. The molecule has 30 heavy (non-hydrogen) atoms. The zero-order valence-electron chi connectivity index (χ0n) is 17.6. The van der Waals surface area contributed by atoms with E-state index >= 15 is 0 Å². The van der Waals surface area contributed by atoms with Crippen LogP contribution >= 0.6 is 0 Å². The summed E-state index contributed by atoms with van der Waals surface area (Å²) in [5.41, 5.74) is 2.90. The highest BCUT2D eigenvalue weighted by atomic mass is 16.5. The van der Waals surface area contributed by atoms with E-state index in [9.17, 15) is 0 Å². The molecule has 0 unspecified atom stereocenters. The van der Waals surface area contributed by atoms with Crippen LogP contribution in [0, 0.1) is 17.8 Å². The van der Waals surface area contributed by atoms with Crippen LogP contribution in [0.3, 0.4) is 0 Å². The monoisotopic (exact) mass is 397 g/mol. The van der Waals surface area contributed by atoms with Gasteiger partial charge in [-0.05, 0) is 78.7 Å². The highest BCUT2D eigenvalue weighted by molar-refractivity contribution is 5.87. The molecule has 3 aromatic carbocycles. The quantitative estimate of drug-likeness (QED) is 0.514. The van der Waals surface area contributed by atoms with E-state index in [1.54, 1.807) is 0 Å². The molecule has 0 heterocycles. The number of nitrogens with one attached hydrogen (secondary N) is 1. The first-order valence-corrected chi connectivity index (χ1v) is 11.7. The minimum atomic E-state index is 0.363. The molecule has 154 valence electrons. The van der Waals surface area contributed by atoms with Gasteiger partial charge in [-0.1, -0.05) is 60.7 Å². The first-order valence-electron chi connectivity index (χ1n) is 11.7. The Balaban J connectivity index is 1.28. The third-order valence-corrected chi connectivity index (χ3v) is 7.91. The van der Waals surface area contributed by atoms with Crippen LogP contribution in [0.4, 0.5) is 0 Å². The van der Waals surface area contributed by atoms with Gasteiger partial charge in [0.1, 0.15) is 12.4 Å². The zero-order chi connectivity index (χ0) is 20.0. The average Bonchev–Trinajstić information content (AvgIpc) is 2.76. The molecule has 7 rings (SSSR count). The maximum absolute atomic E-state index is 6.36. The van der Waals surface area contributed by atoms with Gasteiger partial charge < -0.3 is 10.1 Å². The first-order chi connectivity index (χ1) is 14.8. The molecule has 4 aliphatic rings. The summed E-state index contributed by atoms with van der Waals surface area (Å²) >= 11 is 0. The van der Waals surface area contributed by atoms with E-state index in [2.05, 4.69) is 72.0 Å². The lowest BCUT2D eigenvalue weighted by atomic mass is 9.53. The Morgan fingerprint density at radius 1 is 0.767 bits per heavy atom. The molecule has 0 spiro atoms. The van der Waals surface area contributed by atoms with Crippen LogP contribution in [-0.2, 0) is 13.2 Å². The number of hydrogen-bond acceptors (Lipinski definition) is 2. The number of ether oxygens (including phenoxy) is 1. The van der Waals surface area contributed by atoms with Gasteiger partial charge in [0.25, 0.3) is 0 Å². The van der Waals surface area contributed by atoms with Crippen molar-refractivity contribution in [1.82, 2.24) is 5.32 Å². The number of hydrogen-bond donors (Lipinski definition) is 1. The van der Waals surface area contributed by atoms with Crippen LogP contribution in [0.25, 0.3) is 10.8 Å². The van der Waals surface area contributed by atoms with Gasteiger partial charge in [0, 0.05) is 17.6 Å². The topological polar surface area (TPSA) is 21.3 Å². The van der Waals surface area contributed by atoms with Crippen molar-refractivity contribution >= 4 is 10.8 Å². The highest BCUT2D eigenvalue weighted by Crippen LogP contribution is 2.55. The largest absolute Gasteiger partial charge is 0.489 e. The van der Waals surface area contributed by atoms with E-state index in [1.165, 1.54) is 60.4 Å². The molecular formula is C28H31NO. The Hall–Kier alpha value is -2.32. The van der Waals surface area contributed by atoms with E-state index in [0.29, 0.717) is 12.1 Å². The summed E-state index contributed by atoms with van der Waals surface area (Å²) in [6, 6.07) is 23.6. The summed E-state index contributed by atoms with van der Waals surface area (Å²) in [7, 11) is 0. The Morgan fingerprint density at radius 2 is 1.43 bits per heavy atom. The average molecular weight is 398 g/mol. The Kier molecular flexibility index (Phi) is 4.57. The van der Waals surface area contributed by atoms with Crippen LogP contribution in [0.5, 0.6) is 5.75 Å². The van der Waals surface area contributed by atoms with Crippen molar-refractivity contribution in [1.29, 1.82) is 0 Å². The van der Waals surface area contributed by atoms with Crippen LogP contribution in [-0.4, -0.2) is 5.54 Å². The molecule has 0 aliphatic heterocycles. The van der Waals surface area contributed by atoms with Crippen molar-refractivity contribution in [3.05, 3.63) is 77.9 Å². The van der Waals surface area contributed by atoms with E-state index < -0.39 is 0 Å². The second kappa shape index (κ2) is 7.42. The lowest BCUT2D eigenvalue weighted by Gasteiger charge is -2.57. The van der Waals surface area contributed by atoms with Crippen molar-refractivity contribution in [3.63, 3.8) is 0 Å². The summed E-state index contributed by atoms with van der Waals surface area (Å²) in [6.07, 6.45) is 8.60. The molecule has 3 aromatic rings. The normalized spacial score (nSPS) is 29.4. The molecule has 4 saturated carbocycles. The minimum absolute atomic E-state index is 0.363. The Bertz CT molecular complexity index is 1010. The van der Waals surface area contributed by atoms with E-state index in [4.69, 9.17) is 4.74 Å². The van der Waals surface area contributed by atoms with Crippen molar-refractivity contribution in [3.8, 4) is 5.75 Å². The standard InChI is InChI=1S/C28H31NO/c1-2-6-20(7-3-1)19-30-27-11-10-24-8-4-5-9-25(24)26(27)18-29-28-15-21-12-22(16-28)14-23(13-21)17-28/h1-11,21-23,29H,12-19H2. The molecule has 0 radical (unpaired) electrons. The molecule has 0 aromatic heterocycles. The van der Waals surface area contributed by atoms with Crippen molar-refractivity contribution in [2.45, 2.75) is 57.2 Å². The second-order valence-corrected chi connectivity index (χ2v) is 10.1. The molecule has 4 bridgehead atoms. The van der Waals surface area contributed by atoms with E-state index in [1.807, 2.05) is 0 Å². The predicted octanol–water partition coefficient (Wildman–Crippen LogP) is 6.48. The third-order valence-electron chi connectivity index (χ3n) is 7.91. The fraction of sp³-hybridized carbons (Fsp3) is 0.429. The number of fused-ring (bicyclic) bond motifs is 1. The summed E-state index contributed by atoms with van der Waals surface area (Å²) in [5.74, 6) is 3.91. The van der Waals surface area contributed by atoms with Crippen molar-refractivity contribution in [2.75, 3.05) is 0 Å². The van der Waals surface area contributed by atoms with Gasteiger partial charge in [-0.2, -0.15) is 0 Å². The van der Waals surface area contributed by atoms with Crippen molar-refractivity contribution < 1.29 is 4.74 Å². The van der Waals surface area contributed by atoms with Crippen LogP contribution in [0.15, 0.2) is 66.7 Å². The smallest absolute Gasteiger partial charge is 0.124 e. The summed E-state index contributed by atoms with van der Waals surface area (Å²) in [5, 5.41) is 6.71. The van der Waals surface area contributed by atoms with Gasteiger partial charge in [0.05, 0.1) is 0 Å². The maximum atomic E-state index is 6.36. The fourth-order valence-electron chi connectivity index (χ4n) is 6.97. The van der Waals surface area contributed by atoms with Gasteiger partial charge in [-0.15, -0.1) is 0 Å². The molecule has 0 amide bonds. The van der Waals surface area contributed by atoms with Gasteiger partial charge in [0.2, 0.25) is 0 Å². The molecule has 1 N–H and O–H groups in total. The molecule has 4 aliphatic carbocycles. The van der Waals surface area contributed by atoms with Crippen LogP contribution in [0.1, 0.15) is 49.7 Å². The Morgan fingerprint density at radius 3 is 2.17 bits per heavy atom. The molecule has 2 nitrogen and oxygen atoms in total. The predicted molar refractivity (Wildman–Crippen MR) is 122 cm³/mol. The van der Waals surface area contributed by atoms with Crippen molar-refractivity contribution in [2.24, 2.45) is 17.8 Å². The molecule has 0 saturated heterocycles. The molecule has 0 atom stereocenters. The molecular weight excluding hydrogens is 366 g/mol. The van der Waals surface area contributed by atoms with Crippen LogP contribution in [0.2, 0.25) is 0 Å². The number of rotatable bonds is 6. The van der Waals surface area contributed by atoms with E-state index in [-0.39, 0.29) is 0 Å². The molecule has 4 fully saturated rings. The van der Waals surface area contributed by atoms with Gasteiger partial charge in [0.15, 0.2) is 0 Å². The Labute approximate surface area is 179 Å². The SMILES string of the molecule is c1ccc(COc2ccc3ccccc3c2CNC23CC4CC(CC(C4)C2)C3)cc1. The lowest BCUT2D eigenvalue weighted by Crippen LogP contribution is -2.58. The fourth-order valence-corrected chi connectivity index (χ4v) is 6.97. The lowest BCUT2D eigenvalue weighted by molar-refractivity contribution is -0.0206. The van der Waals surface area contributed by atoms with E-state index in [0.717, 1.165) is 30.0 Å². The van der Waals surface area contributed by atoms with Crippen LogP contribution < -0.4 is 10.1 Å². The van der Waals surface area contributed by atoms with Gasteiger partial charge >= 0.3 is 0 Å². The highest BCUT2D eigenvalue weighted by Gasteiger charge is 2.50. The summed E-state index contributed by atoms with van der Waals surface area (Å²) < 4.78 is 6.36. The van der Waals surface area contributed by atoms with Gasteiger partial charge in [-0.25, -0.2) is 0 Å².